The van der Waals surface area contributed by atoms with E-state index in [0.29, 0.717) is 31.1 Å². The molecule has 1 saturated heterocycles. The number of methoxy groups -OCH3 is 1. The van der Waals surface area contributed by atoms with Crippen molar-refractivity contribution in [2.45, 2.75) is 63.5 Å². The van der Waals surface area contributed by atoms with Crippen molar-refractivity contribution in [3.63, 3.8) is 0 Å². The first kappa shape index (κ1) is 23.3. The lowest BCUT2D eigenvalue weighted by Crippen LogP contribution is -2.23. The lowest BCUT2D eigenvalue weighted by molar-refractivity contribution is 0.121. The van der Waals surface area contributed by atoms with Gasteiger partial charge in [0.25, 0.3) is 0 Å². The van der Waals surface area contributed by atoms with Crippen LogP contribution < -0.4 is 5.32 Å². The topological polar surface area (TPSA) is 74.9 Å². The number of likely N-dealkylation sites (tertiary alicyclic amines) is 1. The minimum absolute atomic E-state index is 0.173. The number of nitrogens with zero attached hydrogens (tertiary/aromatic N) is 4. The third kappa shape index (κ3) is 4.83. The molecule has 1 saturated carbocycles. The molecule has 1 unspecified atom stereocenters. The van der Waals surface area contributed by atoms with Gasteiger partial charge in [-0.15, -0.1) is 5.10 Å². The maximum Gasteiger partial charge on any atom is 0.241 e. The number of fused-ring (bicyclic) bond motifs is 1. The van der Waals surface area contributed by atoms with E-state index in [0.717, 1.165) is 31.2 Å². The maximum atomic E-state index is 10.0. The fourth-order valence-electron chi connectivity index (χ4n) is 5.54. The molecule has 34 heavy (non-hydrogen) atoms. The molecule has 0 radical (unpaired) electrons. The van der Waals surface area contributed by atoms with Gasteiger partial charge in [-0.25, -0.2) is 9.50 Å². The minimum Gasteiger partial charge on any atom is -0.393 e. The van der Waals surface area contributed by atoms with Crippen LogP contribution in [0, 0.1) is 0 Å². The van der Waals surface area contributed by atoms with Crippen LogP contribution >= 0.6 is 0 Å². The Balaban J connectivity index is 1.47. The van der Waals surface area contributed by atoms with E-state index >= 15 is 0 Å². The number of hydrogen-bond donors (Lipinski definition) is 2. The van der Waals surface area contributed by atoms with E-state index in [1.54, 1.807) is 7.11 Å². The predicted octanol–water partition coefficient (Wildman–Crippen LogP) is 4.63. The summed E-state index contributed by atoms with van der Waals surface area (Å²) in [6.45, 7) is 5.98. The van der Waals surface area contributed by atoms with Crippen molar-refractivity contribution in [3.05, 3.63) is 47.8 Å². The zero-order valence-corrected chi connectivity index (χ0v) is 20.4. The molecule has 182 valence electrons. The lowest BCUT2D eigenvalue weighted by atomic mass is 9.85. The van der Waals surface area contributed by atoms with Gasteiger partial charge in [-0.05, 0) is 75.7 Å². The van der Waals surface area contributed by atoms with Crippen LogP contribution in [0.15, 0.2) is 36.5 Å². The molecule has 7 heteroatoms. The Morgan fingerprint density at radius 2 is 1.85 bits per heavy atom. The first-order valence-electron chi connectivity index (χ1n) is 12.8. The van der Waals surface area contributed by atoms with E-state index in [4.69, 9.17) is 9.84 Å². The first-order valence-corrected chi connectivity index (χ1v) is 12.8. The number of ether oxygens (including phenoxy) is 1. The number of aliphatic hydroxyl groups excluding tert-OH is 1. The Morgan fingerprint density at radius 3 is 2.56 bits per heavy atom. The summed E-state index contributed by atoms with van der Waals surface area (Å²) < 4.78 is 7.22. The fourth-order valence-corrected chi connectivity index (χ4v) is 5.54. The van der Waals surface area contributed by atoms with Gasteiger partial charge in [0.15, 0.2) is 0 Å². The Morgan fingerprint density at radius 1 is 1.12 bits per heavy atom. The summed E-state index contributed by atoms with van der Waals surface area (Å²) in [5.74, 6) is 0.999. The molecule has 1 aromatic carbocycles. The molecule has 2 fully saturated rings. The molecule has 5 rings (SSSR count). The van der Waals surface area contributed by atoms with Gasteiger partial charge in [-0.3, -0.25) is 4.90 Å². The third-order valence-corrected chi connectivity index (χ3v) is 7.64. The Hall–Kier alpha value is -2.48. The Bertz CT molecular complexity index is 1080. The average molecular weight is 464 g/mol. The second-order valence-electron chi connectivity index (χ2n) is 9.83. The average Bonchev–Trinajstić information content (AvgIpc) is 3.53. The molecule has 7 nitrogen and oxygen atoms in total. The molecule has 0 bridgehead atoms. The van der Waals surface area contributed by atoms with Gasteiger partial charge in [-0.1, -0.05) is 24.3 Å². The van der Waals surface area contributed by atoms with Crippen molar-refractivity contribution in [2.75, 3.05) is 38.7 Å². The first-order chi connectivity index (χ1) is 16.6. The van der Waals surface area contributed by atoms with E-state index in [9.17, 15) is 5.11 Å². The Labute approximate surface area is 202 Å². The zero-order chi connectivity index (χ0) is 23.5. The summed E-state index contributed by atoms with van der Waals surface area (Å²) in [6.07, 6.45) is 8.03. The summed E-state index contributed by atoms with van der Waals surface area (Å²) in [4.78, 5) is 7.16. The number of benzene rings is 1. The van der Waals surface area contributed by atoms with Crippen LogP contribution in [-0.2, 0) is 4.74 Å². The molecule has 3 heterocycles. The smallest absolute Gasteiger partial charge is 0.241 e. The molecule has 0 spiro atoms. The third-order valence-electron chi connectivity index (χ3n) is 7.64. The van der Waals surface area contributed by atoms with Gasteiger partial charge in [0.2, 0.25) is 5.95 Å². The number of rotatable bonds is 8. The van der Waals surface area contributed by atoms with Gasteiger partial charge in [-0.2, -0.15) is 0 Å². The number of anilines is 1. The van der Waals surface area contributed by atoms with Gasteiger partial charge >= 0.3 is 0 Å². The second kappa shape index (κ2) is 10.4. The van der Waals surface area contributed by atoms with Gasteiger partial charge in [0, 0.05) is 36.9 Å². The normalized spacial score (nSPS) is 22.3. The van der Waals surface area contributed by atoms with Crippen molar-refractivity contribution in [1.29, 1.82) is 0 Å². The SMILES string of the molecule is COCCNc1ncc2c(-c3ccc(C(C)N4CCCC4)cc3)cc([C@H]3CC[C@H](O)CC3)n2n1. The number of hydrogen-bond acceptors (Lipinski definition) is 6. The maximum absolute atomic E-state index is 10.0. The molecule has 1 atom stereocenters. The van der Waals surface area contributed by atoms with Crippen molar-refractivity contribution in [2.24, 2.45) is 0 Å². The molecule has 3 aromatic rings. The van der Waals surface area contributed by atoms with Crippen molar-refractivity contribution < 1.29 is 9.84 Å². The van der Waals surface area contributed by atoms with Crippen LogP contribution in [0.1, 0.15) is 68.7 Å². The largest absolute Gasteiger partial charge is 0.393 e. The number of aromatic nitrogens is 3. The van der Waals surface area contributed by atoms with E-state index in [2.05, 4.69) is 57.0 Å². The monoisotopic (exact) mass is 463 g/mol. The van der Waals surface area contributed by atoms with Crippen LogP contribution in [0.3, 0.4) is 0 Å². The van der Waals surface area contributed by atoms with E-state index in [1.165, 1.54) is 48.3 Å². The van der Waals surface area contributed by atoms with Gasteiger partial charge < -0.3 is 15.2 Å². The fraction of sp³-hybridized carbons (Fsp3) is 0.556. The minimum atomic E-state index is -0.173. The summed E-state index contributed by atoms with van der Waals surface area (Å²) in [5, 5.41) is 18.1. The summed E-state index contributed by atoms with van der Waals surface area (Å²) in [7, 11) is 1.69. The molecule has 2 aromatic heterocycles. The second-order valence-corrected chi connectivity index (χ2v) is 9.83. The van der Waals surface area contributed by atoms with E-state index in [-0.39, 0.29) is 6.10 Å². The quantitative estimate of drug-likeness (QED) is 0.475. The van der Waals surface area contributed by atoms with Crippen molar-refractivity contribution in [1.82, 2.24) is 19.5 Å². The Kier molecular flexibility index (Phi) is 7.13. The molecular formula is C27H37N5O2. The highest BCUT2D eigenvalue weighted by Gasteiger charge is 2.26. The number of aliphatic hydroxyl groups is 1. The molecular weight excluding hydrogens is 426 g/mol. The molecule has 2 aliphatic rings. The predicted molar refractivity (Wildman–Crippen MR) is 135 cm³/mol. The summed E-state index contributed by atoms with van der Waals surface area (Å²) >= 11 is 0. The highest BCUT2D eigenvalue weighted by Crippen LogP contribution is 2.38. The molecule has 0 amide bonds. The van der Waals surface area contributed by atoms with E-state index < -0.39 is 0 Å². The van der Waals surface area contributed by atoms with Crippen LogP contribution in [-0.4, -0.2) is 64.1 Å². The summed E-state index contributed by atoms with van der Waals surface area (Å²) in [5.41, 5.74) is 5.98. The van der Waals surface area contributed by atoms with Gasteiger partial charge in [0.05, 0.1) is 24.4 Å². The molecule has 1 aliphatic carbocycles. The highest BCUT2D eigenvalue weighted by atomic mass is 16.5. The molecule has 2 N–H and O–H groups in total. The lowest BCUT2D eigenvalue weighted by Gasteiger charge is -2.25. The van der Waals surface area contributed by atoms with Crippen LogP contribution in [0.2, 0.25) is 0 Å². The summed E-state index contributed by atoms with van der Waals surface area (Å²) in [6, 6.07) is 11.8. The highest BCUT2D eigenvalue weighted by molar-refractivity contribution is 5.81. The molecule has 1 aliphatic heterocycles. The van der Waals surface area contributed by atoms with Crippen molar-refractivity contribution in [3.8, 4) is 11.1 Å². The van der Waals surface area contributed by atoms with Gasteiger partial charge in [0.1, 0.15) is 0 Å². The number of nitrogens with one attached hydrogen (secondary N) is 1. The van der Waals surface area contributed by atoms with Crippen LogP contribution in [0.25, 0.3) is 16.6 Å². The van der Waals surface area contributed by atoms with E-state index in [1.807, 2.05) is 6.20 Å². The van der Waals surface area contributed by atoms with Crippen LogP contribution in [0.4, 0.5) is 5.95 Å². The van der Waals surface area contributed by atoms with Crippen LogP contribution in [0.5, 0.6) is 0 Å². The van der Waals surface area contributed by atoms with Crippen molar-refractivity contribution >= 4 is 11.5 Å². The standard InChI is InChI=1S/C27H37N5O2/c1-19(31-14-3-4-15-31)20-5-7-21(8-6-20)24-17-25(22-9-11-23(33)12-10-22)32-26(24)18-29-27(30-32)28-13-16-34-2/h5-8,17-19,22-23,33H,3-4,9-16H2,1-2H3,(H,28,30)/t19?,22-,23-. The zero-order valence-electron chi connectivity index (χ0n) is 20.4.